The highest BCUT2D eigenvalue weighted by Crippen LogP contribution is 2.37. The van der Waals surface area contributed by atoms with E-state index in [0.717, 1.165) is 35.7 Å². The van der Waals surface area contributed by atoms with Crippen LogP contribution in [0.15, 0.2) is 64.5 Å². The van der Waals surface area contributed by atoms with Crippen molar-refractivity contribution < 1.29 is 14.3 Å². The number of hydrogen-bond donors (Lipinski definition) is 1. The Labute approximate surface area is 204 Å². The van der Waals surface area contributed by atoms with Crippen LogP contribution in [-0.4, -0.2) is 61.1 Å². The highest BCUT2D eigenvalue weighted by molar-refractivity contribution is 7.99. The minimum atomic E-state index is -0.480. The zero-order valence-corrected chi connectivity index (χ0v) is 20.4. The van der Waals surface area contributed by atoms with Gasteiger partial charge in [-0.25, -0.2) is 4.98 Å². The van der Waals surface area contributed by atoms with E-state index < -0.39 is 5.91 Å². The van der Waals surface area contributed by atoms with Crippen LogP contribution in [0.25, 0.3) is 0 Å². The van der Waals surface area contributed by atoms with Crippen molar-refractivity contribution in [2.45, 2.75) is 28.9 Å². The second-order valence-electron chi connectivity index (χ2n) is 8.29. The van der Waals surface area contributed by atoms with Crippen molar-refractivity contribution in [1.29, 1.82) is 0 Å². The first kappa shape index (κ1) is 23.8. The summed E-state index contributed by atoms with van der Waals surface area (Å²) in [4.78, 5) is 27.2. The van der Waals surface area contributed by atoms with Crippen LogP contribution in [0.4, 0.5) is 5.95 Å². The van der Waals surface area contributed by atoms with E-state index >= 15 is 0 Å². The Balaban J connectivity index is 1.62. The van der Waals surface area contributed by atoms with Gasteiger partial charge in [0.15, 0.2) is 0 Å². The number of primary amides is 1. The molecule has 1 fully saturated rings. The van der Waals surface area contributed by atoms with Gasteiger partial charge in [0, 0.05) is 24.0 Å². The van der Waals surface area contributed by atoms with Gasteiger partial charge in [0.05, 0.1) is 23.8 Å². The average molecular weight is 480 g/mol. The van der Waals surface area contributed by atoms with Crippen molar-refractivity contribution in [2.75, 3.05) is 39.2 Å². The average Bonchev–Trinajstić information content (AvgIpc) is 3.34. The summed E-state index contributed by atoms with van der Waals surface area (Å²) in [6.45, 7) is 2.06. The summed E-state index contributed by atoms with van der Waals surface area (Å²) >= 11 is 1.37. The number of carbonyl (C=O) groups is 1. The molecule has 2 N–H and O–H groups in total. The van der Waals surface area contributed by atoms with Crippen LogP contribution < -0.4 is 20.1 Å². The standard InChI is InChI=1S/C25H29N5O3S/c1-29(2)18-11-12-30(15-18)25-27-14-22(34-21-10-5-4-9-20(21)23(26)31)24(28-25)33-16-17-7-6-8-19(13-17)32-3/h4-10,13-14,18H,11-12,15-16H2,1-3H3,(H2,26,31). The van der Waals surface area contributed by atoms with Crippen molar-refractivity contribution in [3.05, 3.63) is 65.9 Å². The number of methoxy groups -OCH3 is 1. The Kier molecular flexibility index (Phi) is 7.54. The third-order valence-corrected chi connectivity index (χ3v) is 6.84. The van der Waals surface area contributed by atoms with Crippen LogP contribution in [0, 0.1) is 0 Å². The van der Waals surface area contributed by atoms with E-state index in [1.807, 2.05) is 36.4 Å². The molecule has 1 amide bonds. The van der Waals surface area contributed by atoms with Gasteiger partial charge in [0.2, 0.25) is 17.7 Å². The molecular weight excluding hydrogens is 450 g/mol. The topological polar surface area (TPSA) is 93.8 Å². The SMILES string of the molecule is COc1cccc(COc2nc(N3CCC(N(C)C)C3)ncc2Sc2ccccc2C(N)=O)c1. The van der Waals surface area contributed by atoms with Gasteiger partial charge in [-0.15, -0.1) is 0 Å². The molecule has 1 aromatic heterocycles. The molecule has 1 aliphatic heterocycles. The molecule has 1 unspecified atom stereocenters. The summed E-state index contributed by atoms with van der Waals surface area (Å²) < 4.78 is 11.5. The van der Waals surface area contributed by atoms with E-state index in [4.69, 9.17) is 20.2 Å². The van der Waals surface area contributed by atoms with Crippen molar-refractivity contribution in [2.24, 2.45) is 5.73 Å². The van der Waals surface area contributed by atoms with Crippen molar-refractivity contribution in [3.63, 3.8) is 0 Å². The van der Waals surface area contributed by atoms with Crippen LogP contribution in [0.5, 0.6) is 11.6 Å². The molecule has 4 rings (SSSR count). The lowest BCUT2D eigenvalue weighted by Gasteiger charge is -2.21. The zero-order chi connectivity index (χ0) is 24.1. The number of anilines is 1. The molecule has 0 aliphatic carbocycles. The van der Waals surface area contributed by atoms with Crippen LogP contribution in [0.1, 0.15) is 22.3 Å². The Morgan fingerprint density at radius 1 is 1.21 bits per heavy atom. The maximum absolute atomic E-state index is 11.9. The molecule has 2 aromatic carbocycles. The number of benzene rings is 2. The van der Waals surface area contributed by atoms with Gasteiger partial charge in [0.25, 0.3) is 0 Å². The second-order valence-corrected chi connectivity index (χ2v) is 9.38. The fraction of sp³-hybridized carbons (Fsp3) is 0.320. The van der Waals surface area contributed by atoms with Gasteiger partial charge in [0.1, 0.15) is 12.4 Å². The molecule has 8 nitrogen and oxygen atoms in total. The van der Waals surface area contributed by atoms with E-state index in [1.165, 1.54) is 11.8 Å². The van der Waals surface area contributed by atoms with Crippen molar-refractivity contribution in [3.8, 4) is 11.6 Å². The van der Waals surface area contributed by atoms with E-state index in [1.54, 1.807) is 25.4 Å². The molecule has 178 valence electrons. The van der Waals surface area contributed by atoms with E-state index in [-0.39, 0.29) is 0 Å². The predicted octanol–water partition coefficient (Wildman–Crippen LogP) is 3.45. The lowest BCUT2D eigenvalue weighted by atomic mass is 10.2. The van der Waals surface area contributed by atoms with Crippen LogP contribution in [-0.2, 0) is 6.61 Å². The summed E-state index contributed by atoms with van der Waals surface area (Å²) in [7, 11) is 5.82. The number of nitrogens with two attached hydrogens (primary N) is 1. The van der Waals surface area contributed by atoms with Gasteiger partial charge in [-0.05, 0) is 50.3 Å². The van der Waals surface area contributed by atoms with Crippen LogP contribution in [0.2, 0.25) is 0 Å². The van der Waals surface area contributed by atoms with Gasteiger partial charge >= 0.3 is 0 Å². The normalized spacial score (nSPS) is 15.5. The molecule has 0 radical (unpaired) electrons. The number of hydrogen-bond acceptors (Lipinski definition) is 8. The van der Waals surface area contributed by atoms with E-state index in [2.05, 4.69) is 28.9 Å². The summed E-state index contributed by atoms with van der Waals surface area (Å²) in [5.74, 6) is 1.38. The van der Waals surface area contributed by atoms with Crippen molar-refractivity contribution >= 4 is 23.6 Å². The summed E-state index contributed by atoms with van der Waals surface area (Å²) in [5.41, 5.74) is 6.98. The molecule has 1 saturated heterocycles. The molecule has 3 aromatic rings. The molecule has 34 heavy (non-hydrogen) atoms. The molecule has 0 spiro atoms. The molecule has 1 atom stereocenters. The monoisotopic (exact) mass is 479 g/mol. The molecular formula is C25H29N5O3S. The molecule has 1 aliphatic rings. The van der Waals surface area contributed by atoms with Gasteiger partial charge in [-0.3, -0.25) is 4.79 Å². The lowest BCUT2D eigenvalue weighted by molar-refractivity contribution is 0.0997. The quantitative estimate of drug-likeness (QED) is 0.499. The Morgan fingerprint density at radius 3 is 2.76 bits per heavy atom. The fourth-order valence-electron chi connectivity index (χ4n) is 3.81. The number of amides is 1. The first-order valence-electron chi connectivity index (χ1n) is 11.1. The van der Waals surface area contributed by atoms with Crippen molar-refractivity contribution in [1.82, 2.24) is 14.9 Å². The molecule has 0 saturated carbocycles. The van der Waals surface area contributed by atoms with E-state index in [9.17, 15) is 4.79 Å². The fourth-order valence-corrected chi connectivity index (χ4v) is 4.77. The van der Waals surface area contributed by atoms with Gasteiger partial charge < -0.3 is 25.0 Å². The highest BCUT2D eigenvalue weighted by atomic mass is 32.2. The third kappa shape index (κ3) is 5.60. The maximum Gasteiger partial charge on any atom is 0.249 e. The number of rotatable bonds is 9. The number of nitrogens with zero attached hydrogens (tertiary/aromatic N) is 4. The summed E-state index contributed by atoms with van der Waals surface area (Å²) in [6, 6.07) is 15.4. The zero-order valence-electron chi connectivity index (χ0n) is 19.6. The number of likely N-dealkylation sites (N-methyl/N-ethyl adjacent to an activating group) is 1. The molecule has 0 bridgehead atoms. The Morgan fingerprint density at radius 2 is 2.03 bits per heavy atom. The number of carbonyl (C=O) groups excluding carboxylic acids is 1. The third-order valence-electron chi connectivity index (χ3n) is 5.77. The minimum absolute atomic E-state index is 0.318. The highest BCUT2D eigenvalue weighted by Gasteiger charge is 2.26. The van der Waals surface area contributed by atoms with Gasteiger partial charge in [-0.2, -0.15) is 4.98 Å². The Hall–Kier alpha value is -3.30. The molecule has 9 heteroatoms. The molecule has 2 heterocycles. The smallest absolute Gasteiger partial charge is 0.249 e. The van der Waals surface area contributed by atoms with Gasteiger partial charge in [-0.1, -0.05) is 36.0 Å². The maximum atomic E-state index is 11.9. The lowest BCUT2D eigenvalue weighted by Crippen LogP contribution is -2.32. The first-order valence-corrected chi connectivity index (χ1v) is 11.9. The van der Waals surface area contributed by atoms with Crippen LogP contribution >= 0.6 is 11.8 Å². The van der Waals surface area contributed by atoms with E-state index in [0.29, 0.717) is 34.9 Å². The second kappa shape index (κ2) is 10.8. The predicted molar refractivity (Wildman–Crippen MR) is 133 cm³/mol. The number of aromatic nitrogens is 2. The first-order chi connectivity index (χ1) is 16.4. The summed E-state index contributed by atoms with van der Waals surface area (Å²) in [5, 5.41) is 0. The number of ether oxygens (including phenoxy) is 2. The van der Waals surface area contributed by atoms with Crippen LogP contribution in [0.3, 0.4) is 0 Å². The summed E-state index contributed by atoms with van der Waals surface area (Å²) in [6.07, 6.45) is 2.81. The minimum Gasteiger partial charge on any atom is -0.497 e. The largest absolute Gasteiger partial charge is 0.497 e. The Bertz CT molecular complexity index is 1160.